The van der Waals surface area contributed by atoms with E-state index in [1.54, 1.807) is 25.3 Å². The van der Waals surface area contributed by atoms with Crippen molar-refractivity contribution >= 4 is 11.8 Å². The molecule has 0 aliphatic rings. The fourth-order valence-corrected chi connectivity index (χ4v) is 3.31. The van der Waals surface area contributed by atoms with Crippen LogP contribution in [0, 0.1) is 22.7 Å². The van der Waals surface area contributed by atoms with Gasteiger partial charge in [-0.3, -0.25) is 0 Å². The maximum Gasteiger partial charge on any atom is 0.118 e. The molecule has 0 saturated carbocycles. The van der Waals surface area contributed by atoms with E-state index in [1.807, 2.05) is 42.5 Å². The summed E-state index contributed by atoms with van der Waals surface area (Å²) in [5.74, 6) is 1.47. The van der Waals surface area contributed by atoms with Gasteiger partial charge in [0.1, 0.15) is 16.8 Å². The number of ether oxygens (including phenoxy) is 1. The highest BCUT2D eigenvalue weighted by molar-refractivity contribution is 7.98. The van der Waals surface area contributed by atoms with Crippen LogP contribution in [0.4, 0.5) is 0 Å². The number of rotatable bonds is 5. The van der Waals surface area contributed by atoms with Gasteiger partial charge in [-0.05, 0) is 54.1 Å². The van der Waals surface area contributed by atoms with Crippen molar-refractivity contribution in [3.63, 3.8) is 0 Å². The average Bonchev–Trinajstić information content (AvgIpc) is 2.72. The van der Waals surface area contributed by atoms with Crippen LogP contribution in [0.3, 0.4) is 0 Å². The van der Waals surface area contributed by atoms with Crippen LogP contribution >= 0.6 is 11.8 Å². The molecular weight excluding hydrogens is 342 g/mol. The second kappa shape index (κ2) is 8.20. The normalized spacial score (nSPS) is 9.96. The van der Waals surface area contributed by atoms with Gasteiger partial charge in [-0.2, -0.15) is 10.5 Å². The molecule has 126 valence electrons. The highest BCUT2D eigenvalue weighted by Crippen LogP contribution is 2.28. The summed E-state index contributed by atoms with van der Waals surface area (Å²) in [4.78, 5) is 4.67. The van der Waals surface area contributed by atoms with Crippen LogP contribution in [-0.2, 0) is 5.75 Å². The van der Waals surface area contributed by atoms with Crippen molar-refractivity contribution in [2.24, 2.45) is 0 Å². The quantitative estimate of drug-likeness (QED) is 0.614. The fourth-order valence-electron chi connectivity index (χ4n) is 2.39. The molecule has 4 nitrogen and oxygen atoms in total. The van der Waals surface area contributed by atoms with Crippen LogP contribution < -0.4 is 4.74 Å². The first-order valence-electron chi connectivity index (χ1n) is 7.91. The van der Waals surface area contributed by atoms with Crippen molar-refractivity contribution in [2.45, 2.75) is 10.8 Å². The van der Waals surface area contributed by atoms with E-state index in [1.165, 1.54) is 11.8 Å². The van der Waals surface area contributed by atoms with Crippen LogP contribution in [0.1, 0.15) is 16.7 Å². The van der Waals surface area contributed by atoms with Crippen molar-refractivity contribution in [1.29, 1.82) is 10.5 Å². The first-order valence-corrected chi connectivity index (χ1v) is 8.89. The molecule has 1 heterocycles. The summed E-state index contributed by atoms with van der Waals surface area (Å²) in [6.07, 6.45) is 0. The Labute approximate surface area is 156 Å². The summed E-state index contributed by atoms with van der Waals surface area (Å²) in [5.41, 5.74) is 4.05. The Hall–Kier alpha value is -3.28. The third-order valence-corrected chi connectivity index (χ3v) is 4.89. The van der Waals surface area contributed by atoms with Crippen molar-refractivity contribution in [2.75, 3.05) is 7.11 Å². The lowest BCUT2D eigenvalue weighted by atomic mass is 10.1. The van der Waals surface area contributed by atoms with Crippen LogP contribution in [0.5, 0.6) is 5.75 Å². The number of nitrogens with zero attached hydrogens (tertiary/aromatic N) is 3. The van der Waals surface area contributed by atoms with Gasteiger partial charge in [0.25, 0.3) is 0 Å². The zero-order chi connectivity index (χ0) is 18.4. The summed E-state index contributed by atoms with van der Waals surface area (Å²) in [6.45, 7) is 0. The summed E-state index contributed by atoms with van der Waals surface area (Å²) in [7, 11) is 1.63. The molecule has 0 aliphatic heterocycles. The Balaban J connectivity index is 1.82. The number of hydrogen-bond acceptors (Lipinski definition) is 5. The Morgan fingerprint density at radius 3 is 2.27 bits per heavy atom. The van der Waals surface area contributed by atoms with Crippen molar-refractivity contribution in [3.8, 4) is 29.1 Å². The number of pyridine rings is 1. The van der Waals surface area contributed by atoms with E-state index >= 15 is 0 Å². The third kappa shape index (κ3) is 4.03. The molecule has 3 aromatic rings. The number of methoxy groups -OCH3 is 1. The maximum absolute atomic E-state index is 9.36. The topological polar surface area (TPSA) is 69.7 Å². The average molecular weight is 357 g/mol. The molecule has 0 fully saturated rings. The van der Waals surface area contributed by atoms with E-state index in [2.05, 4.69) is 17.1 Å². The molecule has 0 unspecified atom stereocenters. The van der Waals surface area contributed by atoms with E-state index in [9.17, 15) is 5.26 Å². The number of nitriles is 2. The largest absolute Gasteiger partial charge is 0.497 e. The van der Waals surface area contributed by atoms with Crippen molar-refractivity contribution in [1.82, 2.24) is 4.98 Å². The standard InChI is InChI=1S/C21H15N3OS/c1-25-19-9-6-17(7-10-19)20-11-8-18(13-23)21(24-20)26-14-16-4-2-15(12-22)3-5-16/h2-11H,14H2,1H3. The summed E-state index contributed by atoms with van der Waals surface area (Å²) in [5, 5.41) is 18.9. The SMILES string of the molecule is COc1ccc(-c2ccc(C#N)c(SCc3ccc(C#N)cc3)n2)cc1. The van der Waals surface area contributed by atoms with Gasteiger partial charge in [0, 0.05) is 11.3 Å². The van der Waals surface area contributed by atoms with Gasteiger partial charge in [0.05, 0.1) is 30.0 Å². The molecule has 0 amide bonds. The third-order valence-electron chi connectivity index (χ3n) is 3.83. The van der Waals surface area contributed by atoms with E-state index in [4.69, 9.17) is 10.00 Å². The minimum absolute atomic E-state index is 0.556. The fraction of sp³-hybridized carbons (Fsp3) is 0.0952. The second-order valence-electron chi connectivity index (χ2n) is 5.49. The molecule has 0 radical (unpaired) electrons. The molecule has 2 aromatic carbocycles. The lowest BCUT2D eigenvalue weighted by Crippen LogP contribution is -1.92. The lowest BCUT2D eigenvalue weighted by Gasteiger charge is -2.08. The van der Waals surface area contributed by atoms with Crippen molar-refractivity contribution in [3.05, 3.63) is 77.4 Å². The van der Waals surface area contributed by atoms with E-state index < -0.39 is 0 Å². The second-order valence-corrected chi connectivity index (χ2v) is 6.45. The molecule has 26 heavy (non-hydrogen) atoms. The van der Waals surface area contributed by atoms with Gasteiger partial charge in [-0.15, -0.1) is 11.8 Å². The Morgan fingerprint density at radius 1 is 0.923 bits per heavy atom. The Bertz CT molecular complexity index is 984. The maximum atomic E-state index is 9.36. The molecule has 0 bridgehead atoms. The molecule has 3 rings (SSSR count). The predicted molar refractivity (Wildman–Crippen MR) is 102 cm³/mol. The molecule has 0 spiro atoms. The lowest BCUT2D eigenvalue weighted by molar-refractivity contribution is 0.415. The Morgan fingerprint density at radius 2 is 1.65 bits per heavy atom. The van der Waals surface area contributed by atoms with Crippen LogP contribution in [-0.4, -0.2) is 12.1 Å². The van der Waals surface area contributed by atoms with Gasteiger partial charge >= 0.3 is 0 Å². The highest BCUT2D eigenvalue weighted by Gasteiger charge is 2.09. The molecule has 0 aliphatic carbocycles. The highest BCUT2D eigenvalue weighted by atomic mass is 32.2. The monoisotopic (exact) mass is 357 g/mol. The zero-order valence-electron chi connectivity index (χ0n) is 14.1. The van der Waals surface area contributed by atoms with Gasteiger partial charge in [0.15, 0.2) is 0 Å². The Kier molecular flexibility index (Phi) is 5.53. The van der Waals surface area contributed by atoms with Crippen LogP contribution in [0.2, 0.25) is 0 Å². The minimum Gasteiger partial charge on any atom is -0.497 e. The molecular formula is C21H15N3OS. The smallest absolute Gasteiger partial charge is 0.118 e. The first kappa shape index (κ1) is 17.5. The molecule has 0 atom stereocenters. The number of benzene rings is 2. The first-order chi connectivity index (χ1) is 12.7. The van der Waals surface area contributed by atoms with Gasteiger partial charge < -0.3 is 4.74 Å². The minimum atomic E-state index is 0.556. The molecule has 1 aromatic heterocycles. The number of hydrogen-bond donors (Lipinski definition) is 0. The summed E-state index contributed by atoms with van der Waals surface area (Å²) in [6, 6.07) is 23.1. The van der Waals surface area contributed by atoms with Crippen LogP contribution in [0.25, 0.3) is 11.3 Å². The van der Waals surface area contributed by atoms with Crippen LogP contribution in [0.15, 0.2) is 65.7 Å². The van der Waals surface area contributed by atoms with Gasteiger partial charge in [-0.1, -0.05) is 12.1 Å². The van der Waals surface area contributed by atoms with Gasteiger partial charge in [-0.25, -0.2) is 4.98 Å². The van der Waals surface area contributed by atoms with E-state index in [0.29, 0.717) is 21.9 Å². The predicted octanol–water partition coefficient (Wildman–Crippen LogP) is 4.79. The summed E-state index contributed by atoms with van der Waals surface area (Å²) >= 11 is 1.51. The van der Waals surface area contributed by atoms with Gasteiger partial charge in [0.2, 0.25) is 0 Å². The molecule has 0 saturated heterocycles. The van der Waals surface area contributed by atoms with E-state index in [-0.39, 0.29) is 0 Å². The zero-order valence-corrected chi connectivity index (χ0v) is 15.0. The molecule has 5 heteroatoms. The van der Waals surface area contributed by atoms with E-state index in [0.717, 1.165) is 22.6 Å². The number of thioether (sulfide) groups is 1. The van der Waals surface area contributed by atoms with Crippen molar-refractivity contribution < 1.29 is 4.74 Å². The summed E-state index contributed by atoms with van der Waals surface area (Å²) < 4.78 is 5.18. The number of aromatic nitrogens is 1. The molecule has 0 N–H and O–H groups in total.